The minimum Gasteiger partial charge on any atom is -0.378 e. The summed E-state index contributed by atoms with van der Waals surface area (Å²) in [5.41, 5.74) is 2.80. The number of aromatic nitrogens is 3. The lowest BCUT2D eigenvalue weighted by Crippen LogP contribution is -2.36. The highest BCUT2D eigenvalue weighted by Gasteiger charge is 2.20. The van der Waals surface area contributed by atoms with Gasteiger partial charge in [0.15, 0.2) is 0 Å². The Bertz CT molecular complexity index is 827. The number of H-pyrrole nitrogens is 2. The minimum atomic E-state index is 0.477. The summed E-state index contributed by atoms with van der Waals surface area (Å²) in [6, 6.07) is 4.01. The van der Waals surface area contributed by atoms with Crippen LogP contribution < -0.4 is 9.88 Å². The molecule has 1 aliphatic heterocycles. The molecule has 0 radical (unpaired) electrons. The van der Waals surface area contributed by atoms with Gasteiger partial charge < -0.3 is 9.64 Å². The zero-order valence-corrected chi connectivity index (χ0v) is 12.6. The Hall–Kier alpha value is -1.56. The predicted molar refractivity (Wildman–Crippen MR) is 83.2 cm³/mol. The van der Waals surface area contributed by atoms with E-state index in [1.54, 1.807) is 6.33 Å². The SMILES string of the molecule is Clc1cc2[nH]c3[nH+]cnc(Cl)c3c2cc1N1CCOCC1. The third-order valence-electron chi connectivity index (χ3n) is 3.81. The summed E-state index contributed by atoms with van der Waals surface area (Å²) in [6.45, 7) is 3.12. The highest BCUT2D eigenvalue weighted by molar-refractivity contribution is 6.37. The number of nitrogens with one attached hydrogen (secondary N) is 2. The van der Waals surface area contributed by atoms with Crippen LogP contribution in [0.2, 0.25) is 10.2 Å². The minimum absolute atomic E-state index is 0.477. The lowest BCUT2D eigenvalue weighted by atomic mass is 10.1. The van der Waals surface area contributed by atoms with Crippen molar-refractivity contribution in [2.75, 3.05) is 31.2 Å². The Balaban J connectivity index is 1.96. The fourth-order valence-electron chi connectivity index (χ4n) is 2.79. The quantitative estimate of drug-likeness (QED) is 0.700. The summed E-state index contributed by atoms with van der Waals surface area (Å²) in [4.78, 5) is 12.7. The maximum Gasteiger partial charge on any atom is 0.236 e. The molecular formula is C14H13Cl2N4O+. The molecule has 1 fully saturated rings. The lowest BCUT2D eigenvalue weighted by Gasteiger charge is -2.29. The fraction of sp³-hybridized carbons (Fsp3) is 0.286. The number of ether oxygens (including phenoxy) is 1. The molecule has 1 aromatic carbocycles. The van der Waals surface area contributed by atoms with Crippen LogP contribution in [0.1, 0.15) is 0 Å². The molecule has 0 aliphatic carbocycles. The number of benzene rings is 1. The molecular weight excluding hydrogens is 311 g/mol. The van der Waals surface area contributed by atoms with Crippen LogP contribution in [0.4, 0.5) is 5.69 Å². The summed E-state index contributed by atoms with van der Waals surface area (Å²) < 4.78 is 5.40. The van der Waals surface area contributed by atoms with E-state index >= 15 is 0 Å². The van der Waals surface area contributed by atoms with Gasteiger partial charge in [-0.25, -0.2) is 4.98 Å². The fourth-order valence-corrected chi connectivity index (χ4v) is 3.32. The van der Waals surface area contributed by atoms with Crippen molar-refractivity contribution in [1.29, 1.82) is 0 Å². The molecule has 4 rings (SSSR count). The number of nitrogens with zero attached hydrogens (tertiary/aromatic N) is 2. The average molecular weight is 324 g/mol. The summed E-state index contributed by atoms with van der Waals surface area (Å²) >= 11 is 12.7. The summed E-state index contributed by atoms with van der Waals surface area (Å²) in [5, 5.41) is 3.11. The van der Waals surface area contributed by atoms with Gasteiger partial charge in [0, 0.05) is 18.5 Å². The molecule has 0 unspecified atom stereocenters. The second-order valence-electron chi connectivity index (χ2n) is 5.02. The van der Waals surface area contributed by atoms with E-state index in [9.17, 15) is 0 Å². The van der Waals surface area contributed by atoms with Gasteiger partial charge >= 0.3 is 0 Å². The number of hydrogen-bond donors (Lipinski definition) is 1. The zero-order chi connectivity index (χ0) is 14.4. The van der Waals surface area contributed by atoms with Crippen LogP contribution in [0.25, 0.3) is 21.9 Å². The van der Waals surface area contributed by atoms with Gasteiger partial charge in [0.05, 0.1) is 23.9 Å². The number of hydrogen-bond acceptors (Lipinski definition) is 3. The maximum atomic E-state index is 6.44. The topological polar surface area (TPSA) is 55.3 Å². The molecule has 0 spiro atoms. The first-order valence-corrected chi connectivity index (χ1v) is 7.49. The standard InChI is InChI=1S/C14H12Cl2N4O/c15-9-6-10-8(5-11(9)20-1-3-21-4-2-20)12-13(16)17-7-18-14(12)19-10/h5-7H,1-4H2,(H,17,18,19)/p+1. The van der Waals surface area contributed by atoms with Crippen LogP contribution in [-0.2, 0) is 4.74 Å². The van der Waals surface area contributed by atoms with Gasteiger partial charge in [0.2, 0.25) is 17.1 Å². The van der Waals surface area contributed by atoms with Crippen molar-refractivity contribution >= 4 is 50.8 Å². The number of halogens is 2. The highest BCUT2D eigenvalue weighted by Crippen LogP contribution is 2.35. The molecule has 2 aromatic heterocycles. The van der Waals surface area contributed by atoms with E-state index < -0.39 is 0 Å². The Morgan fingerprint density at radius 2 is 2.05 bits per heavy atom. The van der Waals surface area contributed by atoms with Crippen molar-refractivity contribution in [1.82, 2.24) is 9.97 Å². The third kappa shape index (κ3) is 2.12. The molecule has 1 aliphatic rings. The van der Waals surface area contributed by atoms with E-state index in [4.69, 9.17) is 27.9 Å². The van der Waals surface area contributed by atoms with Gasteiger partial charge in [-0.2, -0.15) is 0 Å². The van der Waals surface area contributed by atoms with Crippen LogP contribution in [-0.4, -0.2) is 36.3 Å². The number of rotatable bonds is 1. The Kier molecular flexibility index (Phi) is 3.14. The summed E-state index contributed by atoms with van der Waals surface area (Å²) in [7, 11) is 0. The molecule has 3 heterocycles. The average Bonchev–Trinajstić information content (AvgIpc) is 2.85. The zero-order valence-electron chi connectivity index (χ0n) is 11.1. The number of aromatic amines is 2. The van der Waals surface area contributed by atoms with E-state index in [1.165, 1.54) is 0 Å². The molecule has 0 amide bonds. The monoisotopic (exact) mass is 323 g/mol. The number of anilines is 1. The molecule has 7 heteroatoms. The second kappa shape index (κ2) is 5.02. The Morgan fingerprint density at radius 3 is 2.86 bits per heavy atom. The van der Waals surface area contributed by atoms with E-state index in [0.29, 0.717) is 5.15 Å². The Morgan fingerprint density at radius 1 is 1.24 bits per heavy atom. The largest absolute Gasteiger partial charge is 0.378 e. The maximum absolute atomic E-state index is 6.44. The predicted octanol–water partition coefficient (Wildman–Crippen LogP) is 2.67. The van der Waals surface area contributed by atoms with Gasteiger partial charge in [-0.1, -0.05) is 16.6 Å². The molecule has 0 saturated carbocycles. The molecule has 21 heavy (non-hydrogen) atoms. The van der Waals surface area contributed by atoms with Crippen LogP contribution in [0.15, 0.2) is 18.5 Å². The highest BCUT2D eigenvalue weighted by atomic mass is 35.5. The van der Waals surface area contributed by atoms with E-state index in [0.717, 1.165) is 58.9 Å². The molecule has 5 nitrogen and oxygen atoms in total. The molecule has 2 N–H and O–H groups in total. The van der Waals surface area contributed by atoms with E-state index in [-0.39, 0.29) is 0 Å². The molecule has 108 valence electrons. The normalized spacial score (nSPS) is 16.0. The first-order chi connectivity index (χ1) is 10.2. The summed E-state index contributed by atoms with van der Waals surface area (Å²) in [6.07, 6.45) is 1.57. The lowest BCUT2D eigenvalue weighted by molar-refractivity contribution is -0.352. The second-order valence-corrected chi connectivity index (χ2v) is 5.78. The van der Waals surface area contributed by atoms with Crippen LogP contribution in [0.5, 0.6) is 0 Å². The summed E-state index contributed by atoms with van der Waals surface area (Å²) in [5.74, 6) is 0. The first-order valence-electron chi connectivity index (χ1n) is 6.74. The van der Waals surface area contributed by atoms with Gasteiger partial charge in [-0.05, 0) is 23.7 Å². The van der Waals surface area contributed by atoms with Gasteiger partial charge in [0.1, 0.15) is 10.9 Å². The Labute approximate surface area is 130 Å². The van der Waals surface area contributed by atoms with Crippen molar-refractivity contribution in [2.45, 2.75) is 0 Å². The van der Waals surface area contributed by atoms with Crippen LogP contribution in [0.3, 0.4) is 0 Å². The van der Waals surface area contributed by atoms with E-state index in [1.807, 2.05) is 6.07 Å². The van der Waals surface area contributed by atoms with E-state index in [2.05, 4.69) is 25.9 Å². The van der Waals surface area contributed by atoms with Crippen LogP contribution in [0, 0.1) is 0 Å². The first kappa shape index (κ1) is 13.1. The molecule has 0 atom stereocenters. The third-order valence-corrected chi connectivity index (χ3v) is 4.40. The van der Waals surface area contributed by atoms with Crippen molar-refractivity contribution in [2.24, 2.45) is 0 Å². The smallest absolute Gasteiger partial charge is 0.236 e. The molecule has 3 aromatic rings. The number of morpholine rings is 1. The van der Waals surface area contributed by atoms with Crippen molar-refractivity contribution in [3.05, 3.63) is 28.6 Å². The molecule has 0 bridgehead atoms. The van der Waals surface area contributed by atoms with Crippen molar-refractivity contribution in [3.8, 4) is 0 Å². The number of fused-ring (bicyclic) bond motifs is 3. The van der Waals surface area contributed by atoms with Gasteiger partial charge in [-0.15, -0.1) is 0 Å². The van der Waals surface area contributed by atoms with Crippen molar-refractivity contribution in [3.63, 3.8) is 0 Å². The van der Waals surface area contributed by atoms with Crippen LogP contribution >= 0.6 is 23.2 Å². The van der Waals surface area contributed by atoms with Gasteiger partial charge in [0.25, 0.3) is 0 Å². The van der Waals surface area contributed by atoms with Gasteiger partial charge in [-0.3, -0.25) is 4.98 Å². The molecule has 1 saturated heterocycles. The van der Waals surface area contributed by atoms with Crippen molar-refractivity contribution < 1.29 is 9.72 Å².